The van der Waals surface area contributed by atoms with E-state index in [4.69, 9.17) is 9.72 Å². The van der Waals surface area contributed by atoms with Crippen LogP contribution in [0.25, 0.3) is 10.2 Å². The van der Waals surface area contributed by atoms with Crippen molar-refractivity contribution in [3.63, 3.8) is 0 Å². The SMILES string of the molecule is COc1ccc(N2CCN(C(=O)c3sc4nc5n(c(=O)c4c3C)CCCC5)CC2)cc1. The number of rotatable bonds is 3. The topological polar surface area (TPSA) is 67.7 Å². The van der Waals surface area contributed by atoms with Crippen molar-refractivity contribution in [2.45, 2.75) is 32.7 Å². The van der Waals surface area contributed by atoms with Gasteiger partial charge in [0.05, 0.1) is 17.4 Å². The number of aryl methyl sites for hydroxylation is 2. The zero-order valence-corrected chi connectivity index (χ0v) is 18.7. The standard InChI is InChI=1S/C23H26N4O3S/c1-15-19-21(24-18-5-3-4-10-27(18)22(19)28)31-20(15)23(29)26-13-11-25(12-14-26)16-6-8-17(30-2)9-7-16/h6-9H,3-5,10-14H2,1-2H3. The van der Waals surface area contributed by atoms with Gasteiger partial charge in [0.1, 0.15) is 16.4 Å². The molecule has 2 aliphatic heterocycles. The first kappa shape index (κ1) is 20.1. The summed E-state index contributed by atoms with van der Waals surface area (Å²) in [5, 5.41) is 0.621. The number of aromatic nitrogens is 2. The average molecular weight is 439 g/mol. The molecule has 0 atom stereocenters. The fraction of sp³-hybridized carbons (Fsp3) is 0.435. The highest BCUT2D eigenvalue weighted by atomic mass is 32.1. The van der Waals surface area contributed by atoms with Gasteiger partial charge in [0.25, 0.3) is 11.5 Å². The van der Waals surface area contributed by atoms with E-state index >= 15 is 0 Å². The van der Waals surface area contributed by atoms with Gasteiger partial charge >= 0.3 is 0 Å². The molecule has 0 unspecified atom stereocenters. The first-order valence-electron chi connectivity index (χ1n) is 10.8. The van der Waals surface area contributed by atoms with Crippen molar-refractivity contribution in [2.75, 3.05) is 38.2 Å². The summed E-state index contributed by atoms with van der Waals surface area (Å²) in [5.41, 5.74) is 1.92. The first-order valence-corrected chi connectivity index (χ1v) is 11.6. The summed E-state index contributed by atoms with van der Waals surface area (Å²) in [7, 11) is 1.66. The Morgan fingerprint density at radius 2 is 1.81 bits per heavy atom. The third-order valence-corrected chi connectivity index (χ3v) is 7.53. The van der Waals surface area contributed by atoms with Crippen LogP contribution in [0.4, 0.5) is 5.69 Å². The highest BCUT2D eigenvalue weighted by molar-refractivity contribution is 7.20. The van der Waals surface area contributed by atoms with Gasteiger partial charge in [-0.1, -0.05) is 0 Å². The second-order valence-electron chi connectivity index (χ2n) is 8.16. The second-order valence-corrected chi connectivity index (χ2v) is 9.15. The number of thiophene rings is 1. The van der Waals surface area contributed by atoms with Gasteiger partial charge in [0, 0.05) is 44.8 Å². The number of amides is 1. The minimum Gasteiger partial charge on any atom is -0.497 e. The summed E-state index contributed by atoms with van der Waals surface area (Å²) < 4.78 is 7.03. The van der Waals surface area contributed by atoms with Gasteiger partial charge in [0.2, 0.25) is 0 Å². The zero-order valence-electron chi connectivity index (χ0n) is 17.9. The third kappa shape index (κ3) is 3.48. The minimum absolute atomic E-state index is 0.0109. The van der Waals surface area contributed by atoms with E-state index in [0.717, 1.165) is 61.7 Å². The number of anilines is 1. The molecule has 31 heavy (non-hydrogen) atoms. The highest BCUT2D eigenvalue weighted by Gasteiger charge is 2.27. The molecule has 1 aromatic carbocycles. The van der Waals surface area contributed by atoms with Gasteiger partial charge in [-0.3, -0.25) is 14.2 Å². The van der Waals surface area contributed by atoms with E-state index in [1.807, 2.05) is 36.1 Å². The van der Waals surface area contributed by atoms with Crippen LogP contribution in [0, 0.1) is 6.92 Å². The van der Waals surface area contributed by atoms with Crippen molar-refractivity contribution < 1.29 is 9.53 Å². The van der Waals surface area contributed by atoms with Crippen molar-refractivity contribution in [3.05, 3.63) is 50.9 Å². The number of benzene rings is 1. The molecule has 1 fully saturated rings. The molecule has 3 aromatic rings. The number of nitrogens with zero attached hydrogens (tertiary/aromatic N) is 4. The Kier molecular flexibility index (Phi) is 5.17. The summed E-state index contributed by atoms with van der Waals surface area (Å²) in [6.07, 6.45) is 2.90. The van der Waals surface area contributed by atoms with Crippen LogP contribution in [0.3, 0.4) is 0 Å². The molecule has 2 aromatic heterocycles. The van der Waals surface area contributed by atoms with Crippen LogP contribution in [0.2, 0.25) is 0 Å². The summed E-state index contributed by atoms with van der Waals surface area (Å²) in [5.74, 6) is 1.71. The number of fused-ring (bicyclic) bond motifs is 2. The van der Waals surface area contributed by atoms with Crippen LogP contribution in [-0.2, 0) is 13.0 Å². The third-order valence-electron chi connectivity index (χ3n) is 6.36. The van der Waals surface area contributed by atoms with Crippen LogP contribution >= 0.6 is 11.3 Å². The summed E-state index contributed by atoms with van der Waals surface area (Å²) in [6, 6.07) is 8.01. The number of carbonyl (C=O) groups excluding carboxylic acids is 1. The van der Waals surface area contributed by atoms with Crippen LogP contribution in [-0.4, -0.2) is 53.6 Å². The summed E-state index contributed by atoms with van der Waals surface area (Å²) >= 11 is 1.37. The maximum Gasteiger partial charge on any atom is 0.264 e. The van der Waals surface area contributed by atoms with E-state index in [1.165, 1.54) is 11.3 Å². The molecular formula is C23H26N4O3S. The molecule has 162 valence electrons. The lowest BCUT2D eigenvalue weighted by Gasteiger charge is -2.36. The summed E-state index contributed by atoms with van der Waals surface area (Å²) in [4.78, 5) is 36.6. The highest BCUT2D eigenvalue weighted by Crippen LogP contribution is 2.30. The van der Waals surface area contributed by atoms with Gasteiger partial charge in [0.15, 0.2) is 0 Å². The van der Waals surface area contributed by atoms with Crippen molar-refractivity contribution in [1.82, 2.24) is 14.5 Å². The molecule has 0 aliphatic carbocycles. The molecule has 0 radical (unpaired) electrons. The number of hydrogen-bond acceptors (Lipinski definition) is 6. The van der Waals surface area contributed by atoms with Gasteiger partial charge in [-0.05, 0) is 49.6 Å². The fourth-order valence-corrected chi connectivity index (χ4v) is 5.70. The molecular weight excluding hydrogens is 412 g/mol. The molecule has 0 bridgehead atoms. The predicted molar refractivity (Wildman–Crippen MR) is 123 cm³/mol. The van der Waals surface area contributed by atoms with Crippen molar-refractivity contribution in [3.8, 4) is 5.75 Å². The van der Waals surface area contributed by atoms with Gasteiger partial charge < -0.3 is 14.5 Å². The molecule has 1 saturated heterocycles. The Balaban J connectivity index is 1.36. The summed E-state index contributed by atoms with van der Waals surface area (Å²) in [6.45, 7) is 5.47. The fourth-order valence-electron chi connectivity index (χ4n) is 4.54. The van der Waals surface area contributed by atoms with Crippen LogP contribution in [0.15, 0.2) is 29.1 Å². The van der Waals surface area contributed by atoms with Crippen LogP contribution in [0.5, 0.6) is 5.75 Å². The van der Waals surface area contributed by atoms with Crippen LogP contribution in [0.1, 0.15) is 33.9 Å². The molecule has 0 N–H and O–H groups in total. The quantitative estimate of drug-likeness (QED) is 0.629. The van der Waals surface area contributed by atoms with E-state index in [9.17, 15) is 9.59 Å². The predicted octanol–water partition coefficient (Wildman–Crippen LogP) is 3.07. The Morgan fingerprint density at radius 3 is 2.52 bits per heavy atom. The lowest BCUT2D eigenvalue weighted by atomic mass is 10.1. The van der Waals surface area contributed by atoms with Crippen molar-refractivity contribution >= 4 is 33.1 Å². The number of methoxy groups -OCH3 is 1. The first-order chi connectivity index (χ1) is 15.1. The smallest absolute Gasteiger partial charge is 0.264 e. The van der Waals surface area contributed by atoms with E-state index in [2.05, 4.69) is 4.90 Å². The van der Waals surface area contributed by atoms with E-state index in [0.29, 0.717) is 28.2 Å². The maximum absolute atomic E-state index is 13.3. The minimum atomic E-state index is 0.0109. The number of hydrogen-bond donors (Lipinski definition) is 0. The largest absolute Gasteiger partial charge is 0.497 e. The van der Waals surface area contributed by atoms with Gasteiger partial charge in [-0.15, -0.1) is 11.3 Å². The van der Waals surface area contributed by atoms with E-state index in [1.54, 1.807) is 11.7 Å². The zero-order chi connectivity index (χ0) is 21.5. The maximum atomic E-state index is 13.3. The lowest BCUT2D eigenvalue weighted by molar-refractivity contribution is 0.0751. The normalized spacial score (nSPS) is 16.5. The molecule has 2 aliphatic rings. The molecule has 8 heteroatoms. The Bertz CT molecular complexity index is 1190. The Labute approximate surface area is 184 Å². The Hall–Kier alpha value is -2.87. The monoisotopic (exact) mass is 438 g/mol. The molecule has 1 amide bonds. The second kappa shape index (κ2) is 8.00. The van der Waals surface area contributed by atoms with Gasteiger partial charge in [-0.2, -0.15) is 0 Å². The molecule has 4 heterocycles. The number of piperazine rings is 1. The molecule has 7 nitrogen and oxygen atoms in total. The lowest BCUT2D eigenvalue weighted by Crippen LogP contribution is -2.48. The van der Waals surface area contributed by atoms with Crippen molar-refractivity contribution in [1.29, 1.82) is 0 Å². The Morgan fingerprint density at radius 1 is 1.06 bits per heavy atom. The molecule has 0 spiro atoms. The van der Waals surface area contributed by atoms with E-state index in [-0.39, 0.29) is 11.5 Å². The van der Waals surface area contributed by atoms with Crippen molar-refractivity contribution in [2.24, 2.45) is 0 Å². The van der Waals surface area contributed by atoms with Gasteiger partial charge in [-0.25, -0.2) is 4.98 Å². The number of carbonyl (C=O) groups is 1. The number of ether oxygens (including phenoxy) is 1. The average Bonchev–Trinajstić information content (AvgIpc) is 3.15. The molecule has 5 rings (SSSR count). The van der Waals surface area contributed by atoms with E-state index < -0.39 is 0 Å². The molecule has 0 saturated carbocycles. The van der Waals surface area contributed by atoms with Crippen LogP contribution < -0.4 is 15.2 Å².